The Morgan fingerprint density at radius 3 is 3.05 bits per heavy atom. The number of azide groups is 1. The summed E-state index contributed by atoms with van der Waals surface area (Å²) in [7, 11) is 1.23. The number of carbonyl (C=O) groups excluding carboxylic acids is 1. The minimum absolute atomic E-state index is 0.0963. The second-order valence-corrected chi connectivity index (χ2v) is 4.26. The van der Waals surface area contributed by atoms with Gasteiger partial charge in [0.1, 0.15) is 18.1 Å². The molecule has 0 saturated carbocycles. The van der Waals surface area contributed by atoms with Crippen molar-refractivity contribution in [2.24, 2.45) is 5.11 Å². The maximum Gasteiger partial charge on any atom is 0.340 e. The SMILES string of the molecule is COC(=O)/C(=C/C1=Cc2cc(C)ccc2OC1)N=[N+]=[N-]. The Kier molecular flexibility index (Phi) is 4.08. The topological polar surface area (TPSA) is 84.3 Å². The third-order valence-electron chi connectivity index (χ3n) is 2.77. The number of ether oxygens (including phenoxy) is 2. The number of fused-ring (bicyclic) bond motifs is 1. The molecule has 0 bridgehead atoms. The van der Waals surface area contributed by atoms with E-state index in [0.717, 1.165) is 22.4 Å². The number of benzene rings is 1. The molecule has 1 aliphatic heterocycles. The van der Waals surface area contributed by atoms with Crippen LogP contribution in [0.4, 0.5) is 0 Å². The number of rotatable bonds is 3. The van der Waals surface area contributed by atoms with Gasteiger partial charge in [-0.3, -0.25) is 0 Å². The first-order valence-corrected chi connectivity index (χ1v) is 5.93. The van der Waals surface area contributed by atoms with Gasteiger partial charge in [0.2, 0.25) is 0 Å². The molecule has 0 aliphatic carbocycles. The lowest BCUT2D eigenvalue weighted by Crippen LogP contribution is -2.08. The first-order chi connectivity index (χ1) is 9.63. The fourth-order valence-electron chi connectivity index (χ4n) is 1.85. The van der Waals surface area contributed by atoms with Crippen molar-refractivity contribution in [3.8, 4) is 5.75 Å². The molecule has 0 saturated heterocycles. The fraction of sp³-hybridized carbons (Fsp3) is 0.214. The van der Waals surface area contributed by atoms with Crippen molar-refractivity contribution in [3.05, 3.63) is 57.1 Å². The number of aryl methyl sites for hydroxylation is 1. The predicted molar refractivity (Wildman–Crippen MR) is 73.9 cm³/mol. The Labute approximate surface area is 115 Å². The van der Waals surface area contributed by atoms with Gasteiger partial charge in [-0.1, -0.05) is 16.7 Å². The molecule has 0 spiro atoms. The van der Waals surface area contributed by atoms with Crippen LogP contribution in [0.3, 0.4) is 0 Å². The molecule has 0 aromatic heterocycles. The Morgan fingerprint density at radius 2 is 2.35 bits per heavy atom. The highest BCUT2D eigenvalue weighted by Gasteiger charge is 2.13. The van der Waals surface area contributed by atoms with Gasteiger partial charge < -0.3 is 9.47 Å². The molecule has 0 fully saturated rings. The Balaban J connectivity index is 2.38. The van der Waals surface area contributed by atoms with Crippen LogP contribution in [0, 0.1) is 6.92 Å². The van der Waals surface area contributed by atoms with Crippen LogP contribution in [-0.4, -0.2) is 19.7 Å². The number of methoxy groups -OCH3 is 1. The van der Waals surface area contributed by atoms with Crippen molar-refractivity contribution < 1.29 is 14.3 Å². The summed E-state index contributed by atoms with van der Waals surface area (Å²) in [6.45, 7) is 2.29. The van der Waals surface area contributed by atoms with Crippen LogP contribution in [0.2, 0.25) is 0 Å². The summed E-state index contributed by atoms with van der Waals surface area (Å²) in [5.74, 6) is 0.106. The first kappa shape index (κ1) is 13.7. The van der Waals surface area contributed by atoms with E-state index in [1.165, 1.54) is 13.2 Å². The summed E-state index contributed by atoms with van der Waals surface area (Å²) in [5, 5.41) is 3.33. The van der Waals surface area contributed by atoms with E-state index in [2.05, 4.69) is 14.8 Å². The minimum Gasteiger partial charge on any atom is -0.488 e. The van der Waals surface area contributed by atoms with Crippen molar-refractivity contribution in [1.82, 2.24) is 0 Å². The lowest BCUT2D eigenvalue weighted by molar-refractivity contribution is -0.136. The van der Waals surface area contributed by atoms with Crippen LogP contribution in [0.1, 0.15) is 11.1 Å². The molecule has 6 nitrogen and oxygen atoms in total. The average Bonchev–Trinajstić information content (AvgIpc) is 2.45. The summed E-state index contributed by atoms with van der Waals surface area (Å²) >= 11 is 0. The molecule has 0 radical (unpaired) electrons. The predicted octanol–water partition coefficient (Wildman–Crippen LogP) is 3.14. The van der Waals surface area contributed by atoms with Crippen LogP contribution in [0.5, 0.6) is 5.75 Å². The van der Waals surface area contributed by atoms with E-state index in [1.807, 2.05) is 31.2 Å². The molecule has 1 aliphatic rings. The van der Waals surface area contributed by atoms with Crippen LogP contribution in [0.15, 0.2) is 40.7 Å². The minimum atomic E-state index is -0.682. The first-order valence-electron chi connectivity index (χ1n) is 5.93. The molecule has 2 rings (SSSR count). The van der Waals surface area contributed by atoms with Crippen molar-refractivity contribution in [3.63, 3.8) is 0 Å². The van der Waals surface area contributed by atoms with Gasteiger partial charge in [-0.15, -0.1) is 0 Å². The molecule has 0 N–H and O–H groups in total. The second kappa shape index (κ2) is 5.95. The van der Waals surface area contributed by atoms with E-state index >= 15 is 0 Å². The van der Waals surface area contributed by atoms with Crippen LogP contribution in [0.25, 0.3) is 16.5 Å². The zero-order chi connectivity index (χ0) is 14.5. The molecule has 102 valence electrons. The Bertz CT molecular complexity index is 656. The van der Waals surface area contributed by atoms with E-state index in [0.29, 0.717) is 6.61 Å². The fourth-order valence-corrected chi connectivity index (χ4v) is 1.85. The molecular weight excluding hydrogens is 258 g/mol. The number of nitrogens with zero attached hydrogens (tertiary/aromatic N) is 3. The smallest absolute Gasteiger partial charge is 0.340 e. The maximum absolute atomic E-state index is 11.5. The van der Waals surface area contributed by atoms with Crippen molar-refractivity contribution in [1.29, 1.82) is 0 Å². The highest BCUT2D eigenvalue weighted by molar-refractivity contribution is 5.89. The van der Waals surface area contributed by atoms with Gasteiger partial charge in [-0.25, -0.2) is 4.79 Å². The summed E-state index contributed by atoms with van der Waals surface area (Å²) in [6, 6.07) is 5.84. The highest BCUT2D eigenvalue weighted by atomic mass is 16.5. The number of carbonyl (C=O) groups is 1. The molecule has 1 aromatic rings. The maximum atomic E-state index is 11.5. The number of hydrogen-bond acceptors (Lipinski definition) is 4. The van der Waals surface area contributed by atoms with E-state index in [1.54, 1.807) is 0 Å². The van der Waals surface area contributed by atoms with Gasteiger partial charge >= 0.3 is 5.97 Å². The standard InChI is InChI=1S/C14H13N3O3/c1-9-3-4-13-11(5-9)6-10(8-20-13)7-12(16-17-15)14(18)19-2/h3-7H,8H2,1-2H3/b12-7-. The largest absolute Gasteiger partial charge is 0.488 e. The summed E-state index contributed by atoms with van der Waals surface area (Å²) in [6.07, 6.45) is 3.36. The van der Waals surface area contributed by atoms with E-state index < -0.39 is 5.97 Å². The lowest BCUT2D eigenvalue weighted by Gasteiger charge is -2.16. The van der Waals surface area contributed by atoms with Crippen molar-refractivity contribution in [2.45, 2.75) is 6.92 Å². The lowest BCUT2D eigenvalue weighted by atomic mass is 10.0. The third-order valence-corrected chi connectivity index (χ3v) is 2.77. The van der Waals surface area contributed by atoms with E-state index in [9.17, 15) is 4.79 Å². The normalized spacial score (nSPS) is 13.5. The number of esters is 1. The molecule has 0 unspecified atom stereocenters. The third kappa shape index (κ3) is 2.99. The Morgan fingerprint density at radius 1 is 1.55 bits per heavy atom. The second-order valence-electron chi connectivity index (χ2n) is 4.26. The van der Waals surface area contributed by atoms with Gasteiger partial charge in [0, 0.05) is 10.5 Å². The van der Waals surface area contributed by atoms with Gasteiger partial charge in [0.25, 0.3) is 0 Å². The van der Waals surface area contributed by atoms with Crippen molar-refractivity contribution >= 4 is 12.0 Å². The Hall–Kier alpha value is -2.72. The van der Waals surface area contributed by atoms with Gasteiger partial charge in [-0.2, -0.15) is 0 Å². The highest BCUT2D eigenvalue weighted by Crippen LogP contribution is 2.28. The van der Waals surface area contributed by atoms with Gasteiger partial charge in [0.05, 0.1) is 7.11 Å². The summed E-state index contributed by atoms with van der Waals surface area (Å²) < 4.78 is 10.1. The van der Waals surface area contributed by atoms with E-state index in [4.69, 9.17) is 10.3 Å². The quantitative estimate of drug-likeness (QED) is 0.278. The molecule has 1 aromatic carbocycles. The molecule has 6 heteroatoms. The van der Waals surface area contributed by atoms with Crippen LogP contribution >= 0.6 is 0 Å². The summed E-state index contributed by atoms with van der Waals surface area (Å²) in [5.41, 5.74) is 11.1. The van der Waals surface area contributed by atoms with Crippen LogP contribution < -0.4 is 4.74 Å². The van der Waals surface area contributed by atoms with Gasteiger partial charge in [-0.05, 0) is 42.3 Å². The van der Waals surface area contributed by atoms with Crippen LogP contribution in [-0.2, 0) is 9.53 Å². The zero-order valence-corrected chi connectivity index (χ0v) is 11.2. The number of hydrogen-bond donors (Lipinski definition) is 0. The zero-order valence-electron chi connectivity index (χ0n) is 11.2. The molecule has 1 heterocycles. The monoisotopic (exact) mass is 271 g/mol. The molecular formula is C14H13N3O3. The van der Waals surface area contributed by atoms with E-state index in [-0.39, 0.29) is 5.70 Å². The van der Waals surface area contributed by atoms with Gasteiger partial charge in [0.15, 0.2) is 0 Å². The average molecular weight is 271 g/mol. The molecule has 20 heavy (non-hydrogen) atoms. The summed E-state index contributed by atoms with van der Waals surface area (Å²) in [4.78, 5) is 14.1. The molecule has 0 amide bonds. The molecule has 0 atom stereocenters. The van der Waals surface area contributed by atoms with Crippen molar-refractivity contribution in [2.75, 3.05) is 13.7 Å².